The molecule has 0 atom stereocenters. The van der Waals surface area contributed by atoms with Gasteiger partial charge in [-0.1, -0.05) is 18.2 Å². The lowest BCUT2D eigenvalue weighted by Crippen LogP contribution is -1.88. The van der Waals surface area contributed by atoms with Gasteiger partial charge in [-0.2, -0.15) is 4.99 Å². The summed E-state index contributed by atoms with van der Waals surface area (Å²) in [6, 6.07) is 0. The summed E-state index contributed by atoms with van der Waals surface area (Å²) < 4.78 is 17.0. The monoisotopic (exact) mass is 177 g/mol. The first-order valence-electron chi connectivity index (χ1n) is 2.88. The van der Waals surface area contributed by atoms with Crippen molar-refractivity contribution in [2.75, 3.05) is 7.11 Å². The predicted molar refractivity (Wildman–Crippen MR) is 44.3 cm³/mol. The summed E-state index contributed by atoms with van der Waals surface area (Å²) in [4.78, 5) is 3.56. The van der Waals surface area contributed by atoms with Crippen molar-refractivity contribution in [3.05, 3.63) is 24.4 Å². The van der Waals surface area contributed by atoms with E-state index < -0.39 is 5.83 Å². The molecule has 0 bridgehead atoms. The molecule has 0 aromatic rings. The van der Waals surface area contributed by atoms with E-state index in [0.29, 0.717) is 0 Å². The molecule has 0 saturated carbocycles. The van der Waals surface area contributed by atoms with Gasteiger partial charge in [0.25, 0.3) is 0 Å². The van der Waals surface area contributed by atoms with Crippen molar-refractivity contribution in [1.29, 1.82) is 0 Å². The largest absolute Gasteiger partial charge is 0.479 e. The molecule has 4 heteroatoms. The maximum atomic E-state index is 12.4. The third kappa shape index (κ3) is 3.78. The number of ether oxygens (including phenoxy) is 1. The highest BCUT2D eigenvalue weighted by atomic mass is 35.5. The summed E-state index contributed by atoms with van der Waals surface area (Å²) >= 11 is 5.43. The molecule has 2 nitrogen and oxygen atoms in total. The lowest BCUT2D eigenvalue weighted by atomic mass is 10.6. The van der Waals surface area contributed by atoms with E-state index in [1.165, 1.54) is 20.1 Å². The average Bonchev–Trinajstić information content (AvgIpc) is 1.99. The molecule has 0 unspecified atom stereocenters. The maximum absolute atomic E-state index is 12.4. The molecule has 0 rings (SSSR count). The lowest BCUT2D eigenvalue weighted by molar-refractivity contribution is 0.272. The van der Waals surface area contributed by atoms with Crippen LogP contribution in [0.25, 0.3) is 0 Å². The Labute approximate surface area is 70.0 Å². The van der Waals surface area contributed by atoms with Crippen LogP contribution >= 0.6 is 11.6 Å². The molecule has 0 aliphatic carbocycles. The zero-order valence-corrected chi connectivity index (χ0v) is 7.15. The molecule has 62 valence electrons. The zero-order chi connectivity index (χ0) is 8.85. The first-order valence-corrected chi connectivity index (χ1v) is 3.26. The summed E-state index contributed by atoms with van der Waals surface area (Å²) in [5.41, 5.74) is 0. The Hall–Kier alpha value is -0.830. The van der Waals surface area contributed by atoms with E-state index in [1.54, 1.807) is 0 Å². The minimum Gasteiger partial charge on any atom is -0.479 e. The zero-order valence-electron chi connectivity index (χ0n) is 6.40. The fraction of sp³-hybridized carbons (Fsp3) is 0.286. The van der Waals surface area contributed by atoms with E-state index in [2.05, 4.69) is 16.3 Å². The normalized spacial score (nSPS) is 14.0. The van der Waals surface area contributed by atoms with Gasteiger partial charge in [0.15, 0.2) is 5.83 Å². The van der Waals surface area contributed by atoms with Crippen molar-refractivity contribution in [3.63, 3.8) is 0 Å². The van der Waals surface area contributed by atoms with E-state index in [4.69, 9.17) is 11.6 Å². The van der Waals surface area contributed by atoms with Gasteiger partial charge in [-0.15, -0.1) is 0 Å². The van der Waals surface area contributed by atoms with Gasteiger partial charge in [0, 0.05) is 0 Å². The Morgan fingerprint density at radius 1 is 1.73 bits per heavy atom. The Bertz CT molecular complexity index is 206. The molecule has 0 N–H and O–H groups in total. The Morgan fingerprint density at radius 3 is 2.55 bits per heavy atom. The molecule has 0 saturated heterocycles. The van der Waals surface area contributed by atoms with E-state index in [-0.39, 0.29) is 11.1 Å². The molecule has 0 spiro atoms. The summed E-state index contributed by atoms with van der Waals surface area (Å²) in [7, 11) is 1.31. The van der Waals surface area contributed by atoms with Gasteiger partial charge in [0.2, 0.25) is 5.88 Å². The van der Waals surface area contributed by atoms with Crippen molar-refractivity contribution < 1.29 is 9.13 Å². The topological polar surface area (TPSA) is 21.6 Å². The van der Waals surface area contributed by atoms with E-state index in [0.717, 1.165) is 0 Å². The number of allylic oxidation sites excluding steroid dienone is 2. The van der Waals surface area contributed by atoms with Crippen LogP contribution in [0.1, 0.15) is 6.92 Å². The Kier molecular flexibility index (Phi) is 4.54. The van der Waals surface area contributed by atoms with E-state index in [9.17, 15) is 4.39 Å². The molecule has 0 aliphatic heterocycles. The van der Waals surface area contributed by atoms with Gasteiger partial charge in [-0.05, 0) is 13.0 Å². The second-order valence-corrected chi connectivity index (χ2v) is 2.07. The molecule has 0 aromatic heterocycles. The molecular formula is C7H9ClFNO. The molecule has 0 amide bonds. The second kappa shape index (κ2) is 4.91. The third-order valence-electron chi connectivity index (χ3n) is 0.865. The molecule has 11 heavy (non-hydrogen) atoms. The number of nitrogens with zero attached hydrogens (tertiary/aromatic N) is 1. The highest BCUT2D eigenvalue weighted by Gasteiger charge is 1.99. The van der Waals surface area contributed by atoms with Crippen LogP contribution in [0.4, 0.5) is 4.39 Å². The fourth-order valence-electron chi connectivity index (χ4n) is 0.406. The maximum Gasteiger partial charge on any atom is 0.246 e. The number of methoxy groups -OCH3 is 1. The van der Waals surface area contributed by atoms with Crippen molar-refractivity contribution in [3.8, 4) is 0 Å². The molecule has 0 aromatic carbocycles. The van der Waals surface area contributed by atoms with E-state index in [1.807, 2.05) is 0 Å². The first kappa shape index (κ1) is 10.2. The van der Waals surface area contributed by atoms with Gasteiger partial charge in [0.05, 0.1) is 7.11 Å². The highest BCUT2D eigenvalue weighted by molar-refractivity contribution is 6.68. The van der Waals surface area contributed by atoms with Crippen molar-refractivity contribution in [2.45, 2.75) is 6.92 Å². The standard InChI is InChI=1S/C7H9ClFNO/c1-4-6(8)10-7(11-3)5(2)9/h4H,1H2,2-3H3. The van der Waals surface area contributed by atoms with Crippen LogP contribution in [0, 0.1) is 0 Å². The SMILES string of the molecule is C=CC(Cl)=NC(OC)=C(C)F. The van der Waals surface area contributed by atoms with Crippen LogP contribution < -0.4 is 0 Å². The van der Waals surface area contributed by atoms with Gasteiger partial charge < -0.3 is 4.74 Å². The van der Waals surface area contributed by atoms with E-state index >= 15 is 0 Å². The van der Waals surface area contributed by atoms with Gasteiger partial charge >= 0.3 is 0 Å². The smallest absolute Gasteiger partial charge is 0.246 e. The molecular weight excluding hydrogens is 169 g/mol. The van der Waals surface area contributed by atoms with Gasteiger partial charge in [-0.3, -0.25) is 0 Å². The predicted octanol–water partition coefficient (Wildman–Crippen LogP) is 2.61. The summed E-state index contributed by atoms with van der Waals surface area (Å²) in [6.07, 6.45) is 1.30. The van der Waals surface area contributed by atoms with Crippen LogP contribution in [0.2, 0.25) is 0 Å². The van der Waals surface area contributed by atoms with Crippen molar-refractivity contribution >= 4 is 16.8 Å². The van der Waals surface area contributed by atoms with Crippen LogP contribution in [-0.2, 0) is 4.74 Å². The first-order chi connectivity index (χ1) is 5.11. The Morgan fingerprint density at radius 2 is 2.27 bits per heavy atom. The molecule has 0 fully saturated rings. The summed E-state index contributed by atoms with van der Waals surface area (Å²) in [5, 5.41) is 0.0962. The highest BCUT2D eigenvalue weighted by Crippen LogP contribution is 2.08. The second-order valence-electron chi connectivity index (χ2n) is 1.68. The number of hydrogen-bond acceptors (Lipinski definition) is 2. The number of halogens is 2. The fourth-order valence-corrected chi connectivity index (χ4v) is 0.483. The lowest BCUT2D eigenvalue weighted by Gasteiger charge is -1.98. The van der Waals surface area contributed by atoms with Gasteiger partial charge in [-0.25, -0.2) is 4.39 Å². The third-order valence-corrected chi connectivity index (χ3v) is 1.10. The van der Waals surface area contributed by atoms with Crippen LogP contribution in [0.3, 0.4) is 0 Å². The van der Waals surface area contributed by atoms with Crippen molar-refractivity contribution in [1.82, 2.24) is 0 Å². The van der Waals surface area contributed by atoms with Crippen LogP contribution in [-0.4, -0.2) is 12.3 Å². The van der Waals surface area contributed by atoms with Crippen LogP contribution in [0.15, 0.2) is 29.4 Å². The summed E-state index contributed by atoms with van der Waals surface area (Å²) in [6.45, 7) is 4.58. The average molecular weight is 178 g/mol. The minimum absolute atomic E-state index is 0.0962. The molecule has 0 aliphatic rings. The number of rotatable bonds is 3. The Balaban J connectivity index is 4.57. The minimum atomic E-state index is -0.521. The number of hydrogen-bond donors (Lipinski definition) is 0. The summed E-state index contributed by atoms with van der Waals surface area (Å²) in [5.74, 6) is -0.651. The quantitative estimate of drug-likeness (QED) is 0.480. The van der Waals surface area contributed by atoms with Gasteiger partial charge in [0.1, 0.15) is 5.17 Å². The molecule has 0 radical (unpaired) electrons. The molecule has 0 heterocycles. The van der Waals surface area contributed by atoms with Crippen LogP contribution in [0.5, 0.6) is 0 Å². The number of aliphatic imine (C=N–C) groups is 1. The van der Waals surface area contributed by atoms with Crippen molar-refractivity contribution in [2.24, 2.45) is 4.99 Å².